The third-order valence-corrected chi connectivity index (χ3v) is 3.09. The van der Waals surface area contributed by atoms with E-state index in [9.17, 15) is 18.3 Å². The molecule has 1 aliphatic carbocycles. The molecule has 103 valence electrons. The van der Waals surface area contributed by atoms with Crippen LogP contribution in [-0.2, 0) is 0 Å². The lowest BCUT2D eigenvalue weighted by molar-refractivity contribution is 0.0464. The van der Waals surface area contributed by atoms with Crippen LogP contribution in [0.5, 0.6) is 11.5 Å². The molecule has 3 nitrogen and oxygen atoms in total. The van der Waals surface area contributed by atoms with Gasteiger partial charge in [-0.15, -0.1) is 0 Å². The van der Waals surface area contributed by atoms with Crippen LogP contribution in [0.1, 0.15) is 23.4 Å². The van der Waals surface area contributed by atoms with E-state index in [0.29, 0.717) is 0 Å². The van der Waals surface area contributed by atoms with E-state index >= 15 is 0 Å². The molecule has 1 aliphatic rings. The molecule has 1 N–H and O–H groups in total. The zero-order valence-electron chi connectivity index (χ0n) is 10.1. The van der Waals surface area contributed by atoms with Crippen molar-refractivity contribution in [3.8, 4) is 11.5 Å². The highest BCUT2D eigenvalue weighted by Gasteiger charge is 2.43. The lowest BCUT2D eigenvalue weighted by Gasteiger charge is -2.11. The highest BCUT2D eigenvalue weighted by atomic mass is 19.2. The summed E-state index contributed by atoms with van der Waals surface area (Å²) in [7, 11) is 0. The van der Waals surface area contributed by atoms with Gasteiger partial charge >= 0.3 is 0 Å². The van der Waals surface area contributed by atoms with Crippen LogP contribution in [-0.4, -0.2) is 16.3 Å². The fourth-order valence-corrected chi connectivity index (χ4v) is 2.18. The highest BCUT2D eigenvalue weighted by Crippen LogP contribution is 2.47. The molecule has 20 heavy (non-hydrogen) atoms. The summed E-state index contributed by atoms with van der Waals surface area (Å²) in [4.78, 5) is 3.60. The molecule has 0 unspecified atom stereocenters. The molecule has 0 saturated carbocycles. The second-order valence-electron chi connectivity index (χ2n) is 4.40. The third-order valence-electron chi connectivity index (χ3n) is 3.09. The summed E-state index contributed by atoms with van der Waals surface area (Å²) in [6.45, 7) is 0. The summed E-state index contributed by atoms with van der Waals surface area (Å²) in [6, 6.07) is 6.43. The first-order chi connectivity index (χ1) is 9.58. The minimum Gasteiger partial charge on any atom is -0.455 e. The number of rotatable bonds is 2. The van der Waals surface area contributed by atoms with E-state index in [-0.39, 0.29) is 22.6 Å². The standard InChI is InChI=1S/C14H9F3NO2/c15-7-4-8(6-18-5-7)20-10-3-1-2-9-11(10)12(16)13(17)14(9)19/h1,3-6,12-14,19H/t12-,13-,14+/m1/s1. The zero-order valence-corrected chi connectivity index (χ0v) is 10.1. The number of hydrogen-bond donors (Lipinski definition) is 1. The fourth-order valence-electron chi connectivity index (χ4n) is 2.18. The Bertz CT molecular complexity index is 650. The summed E-state index contributed by atoms with van der Waals surface area (Å²) >= 11 is 0. The Morgan fingerprint density at radius 3 is 2.85 bits per heavy atom. The van der Waals surface area contributed by atoms with Gasteiger partial charge in [-0.25, -0.2) is 13.2 Å². The van der Waals surface area contributed by atoms with E-state index in [1.54, 1.807) is 0 Å². The maximum atomic E-state index is 13.9. The van der Waals surface area contributed by atoms with E-state index < -0.39 is 24.3 Å². The number of ether oxygens (including phenoxy) is 1. The molecule has 3 rings (SSSR count). The Kier molecular flexibility index (Phi) is 3.10. The summed E-state index contributed by atoms with van der Waals surface area (Å²) in [5, 5.41) is 9.58. The van der Waals surface area contributed by atoms with Crippen LogP contribution in [0.15, 0.2) is 30.6 Å². The van der Waals surface area contributed by atoms with Crippen molar-refractivity contribution in [3.63, 3.8) is 0 Å². The number of pyridine rings is 1. The molecule has 2 aromatic rings. The first-order valence-corrected chi connectivity index (χ1v) is 5.87. The molecule has 1 radical (unpaired) electrons. The largest absolute Gasteiger partial charge is 0.455 e. The van der Waals surface area contributed by atoms with Gasteiger partial charge in [-0.3, -0.25) is 4.98 Å². The van der Waals surface area contributed by atoms with Crippen molar-refractivity contribution >= 4 is 0 Å². The van der Waals surface area contributed by atoms with Crippen molar-refractivity contribution < 1.29 is 23.0 Å². The number of nitrogens with zero attached hydrogens (tertiary/aromatic N) is 1. The predicted octanol–water partition coefficient (Wildman–Crippen LogP) is 3.21. The number of fused-ring (bicyclic) bond motifs is 1. The molecular weight excluding hydrogens is 271 g/mol. The average molecular weight is 280 g/mol. The monoisotopic (exact) mass is 280 g/mol. The van der Waals surface area contributed by atoms with Gasteiger partial charge < -0.3 is 9.84 Å². The minimum absolute atomic E-state index is 0.0119. The number of benzene rings is 1. The van der Waals surface area contributed by atoms with Crippen molar-refractivity contribution in [1.29, 1.82) is 0 Å². The molecule has 3 atom stereocenters. The van der Waals surface area contributed by atoms with Gasteiger partial charge in [0.15, 0.2) is 12.3 Å². The van der Waals surface area contributed by atoms with Crippen LogP contribution in [0, 0.1) is 11.9 Å². The van der Waals surface area contributed by atoms with Crippen LogP contribution >= 0.6 is 0 Å². The van der Waals surface area contributed by atoms with Gasteiger partial charge in [0.05, 0.1) is 12.4 Å². The second-order valence-corrected chi connectivity index (χ2v) is 4.40. The molecule has 0 saturated heterocycles. The van der Waals surface area contributed by atoms with E-state index in [4.69, 9.17) is 4.74 Å². The first kappa shape index (κ1) is 12.9. The molecule has 0 aliphatic heterocycles. The van der Waals surface area contributed by atoms with Gasteiger partial charge in [0.2, 0.25) is 0 Å². The quantitative estimate of drug-likeness (QED) is 0.918. The summed E-state index contributed by atoms with van der Waals surface area (Å²) in [6.07, 6.45) is -3.40. The average Bonchev–Trinajstić information content (AvgIpc) is 2.65. The maximum Gasteiger partial charge on any atom is 0.165 e. The number of aliphatic hydroxyl groups excluding tert-OH is 1. The molecule has 0 bridgehead atoms. The van der Waals surface area contributed by atoms with Gasteiger partial charge in [0, 0.05) is 17.2 Å². The smallest absolute Gasteiger partial charge is 0.165 e. The van der Waals surface area contributed by atoms with Crippen molar-refractivity contribution in [1.82, 2.24) is 4.98 Å². The number of aliphatic hydroxyl groups is 1. The topological polar surface area (TPSA) is 42.4 Å². The number of halogens is 3. The summed E-state index contributed by atoms with van der Waals surface area (Å²) in [5.74, 6) is -0.540. The Morgan fingerprint density at radius 2 is 2.10 bits per heavy atom. The Balaban J connectivity index is 2.01. The van der Waals surface area contributed by atoms with Crippen LogP contribution in [0.3, 0.4) is 0 Å². The Labute approximate surface area is 112 Å². The molecule has 1 aromatic heterocycles. The number of alkyl halides is 2. The first-order valence-electron chi connectivity index (χ1n) is 5.87. The fraction of sp³-hybridized carbons (Fsp3) is 0.214. The molecule has 1 heterocycles. The van der Waals surface area contributed by atoms with Crippen LogP contribution < -0.4 is 4.74 Å². The molecule has 1 aromatic carbocycles. The van der Waals surface area contributed by atoms with E-state index in [1.165, 1.54) is 18.3 Å². The van der Waals surface area contributed by atoms with Gasteiger partial charge in [-0.05, 0) is 12.1 Å². The lowest BCUT2D eigenvalue weighted by atomic mass is 10.1. The van der Waals surface area contributed by atoms with E-state index in [1.807, 2.05) is 0 Å². The van der Waals surface area contributed by atoms with Crippen molar-refractivity contribution in [2.75, 3.05) is 0 Å². The third kappa shape index (κ3) is 2.02. The summed E-state index contributed by atoms with van der Waals surface area (Å²) < 4.78 is 45.7. The summed E-state index contributed by atoms with van der Waals surface area (Å²) in [5.41, 5.74) is -0.0800. The van der Waals surface area contributed by atoms with Crippen LogP contribution in [0.25, 0.3) is 0 Å². The van der Waals surface area contributed by atoms with Gasteiger partial charge in [-0.1, -0.05) is 6.07 Å². The van der Waals surface area contributed by atoms with Crippen LogP contribution in [0.2, 0.25) is 0 Å². The maximum absolute atomic E-state index is 13.9. The lowest BCUT2D eigenvalue weighted by Crippen LogP contribution is -2.09. The van der Waals surface area contributed by atoms with Crippen molar-refractivity contribution in [2.45, 2.75) is 18.4 Å². The molecular formula is C14H9F3NO2. The normalized spacial score (nSPS) is 24.5. The van der Waals surface area contributed by atoms with E-state index in [0.717, 1.165) is 12.3 Å². The van der Waals surface area contributed by atoms with Crippen molar-refractivity contribution in [3.05, 3.63) is 53.6 Å². The van der Waals surface area contributed by atoms with Crippen LogP contribution in [0.4, 0.5) is 13.2 Å². The molecule has 0 fully saturated rings. The molecule has 0 spiro atoms. The second kappa shape index (κ2) is 4.79. The van der Waals surface area contributed by atoms with Gasteiger partial charge in [0.1, 0.15) is 23.4 Å². The minimum atomic E-state index is -2.06. The molecule has 6 heteroatoms. The van der Waals surface area contributed by atoms with Crippen molar-refractivity contribution in [2.24, 2.45) is 0 Å². The number of hydrogen-bond acceptors (Lipinski definition) is 3. The van der Waals surface area contributed by atoms with Gasteiger partial charge in [-0.2, -0.15) is 0 Å². The Morgan fingerprint density at radius 1 is 1.30 bits per heavy atom. The SMILES string of the molecule is O[C@H]1c2[c]ccc(Oc3cncc(F)c3)c2[C@@H](F)[C@H]1F. The van der Waals surface area contributed by atoms with E-state index in [2.05, 4.69) is 11.1 Å². The zero-order chi connectivity index (χ0) is 14.3. The Hall–Kier alpha value is -2.08. The predicted molar refractivity (Wildman–Crippen MR) is 63.3 cm³/mol. The van der Waals surface area contributed by atoms with Gasteiger partial charge in [0.25, 0.3) is 0 Å². The molecule has 0 amide bonds. The number of aromatic nitrogens is 1. The highest BCUT2D eigenvalue weighted by molar-refractivity contribution is 5.48.